The maximum atomic E-state index is 10.4. The molecule has 0 aliphatic rings. The van der Waals surface area contributed by atoms with Gasteiger partial charge in [-0.15, -0.1) is 0 Å². The molecule has 0 fully saturated rings. The third-order valence-electron chi connectivity index (χ3n) is 0.699. The number of carbonyl (C=O) groups excluding carboxylic acids is 2. The Bertz CT molecular complexity index is 122. The van der Waals surface area contributed by atoms with E-state index in [4.69, 9.17) is 0 Å². The molecule has 0 aromatic heterocycles. The number of ketones is 1. The SMILES string of the molecule is CCOC(=O)CC(C)=O.[Ni]. The molecule has 0 saturated carbocycles. The molecule has 0 aliphatic carbocycles. The standard InChI is InChI=1S/C6H10O3.Ni/c1-3-9-6(8)4-5(2)7;/h3-4H2,1-2H3;. The van der Waals surface area contributed by atoms with Gasteiger partial charge in [0.15, 0.2) is 0 Å². The van der Waals surface area contributed by atoms with Gasteiger partial charge in [0.1, 0.15) is 12.2 Å². The van der Waals surface area contributed by atoms with E-state index in [0.29, 0.717) is 6.61 Å². The van der Waals surface area contributed by atoms with Gasteiger partial charge in [-0.2, -0.15) is 0 Å². The fourth-order valence-electron chi connectivity index (χ4n) is 0.415. The first-order valence-corrected chi connectivity index (χ1v) is 2.82. The summed E-state index contributed by atoms with van der Waals surface area (Å²) in [4.78, 5) is 20.6. The van der Waals surface area contributed by atoms with E-state index in [-0.39, 0.29) is 28.7 Å². The molecule has 0 saturated heterocycles. The first kappa shape index (κ1) is 12.3. The fourth-order valence-corrected chi connectivity index (χ4v) is 0.415. The predicted molar refractivity (Wildman–Crippen MR) is 31.9 cm³/mol. The van der Waals surface area contributed by atoms with Crippen LogP contribution in [0.15, 0.2) is 0 Å². The van der Waals surface area contributed by atoms with Crippen molar-refractivity contribution in [1.29, 1.82) is 0 Å². The van der Waals surface area contributed by atoms with E-state index in [1.165, 1.54) is 6.92 Å². The minimum absolute atomic E-state index is 0. The van der Waals surface area contributed by atoms with Gasteiger partial charge in [0.25, 0.3) is 0 Å². The molecule has 0 heterocycles. The summed E-state index contributed by atoms with van der Waals surface area (Å²) in [5, 5.41) is 0. The van der Waals surface area contributed by atoms with Crippen LogP contribution >= 0.6 is 0 Å². The molecule has 0 aromatic carbocycles. The molecule has 0 bridgehead atoms. The number of rotatable bonds is 3. The Morgan fingerprint density at radius 1 is 1.40 bits per heavy atom. The average Bonchev–Trinajstić information content (AvgIpc) is 1.63. The van der Waals surface area contributed by atoms with E-state index < -0.39 is 5.97 Å². The van der Waals surface area contributed by atoms with E-state index in [2.05, 4.69) is 4.74 Å². The first-order chi connectivity index (χ1) is 4.16. The third kappa shape index (κ3) is 7.63. The molecule has 0 N–H and O–H groups in total. The molecular weight excluding hydrogens is 179 g/mol. The van der Waals surface area contributed by atoms with Crippen molar-refractivity contribution in [1.82, 2.24) is 0 Å². The Morgan fingerprint density at radius 3 is 2.20 bits per heavy atom. The van der Waals surface area contributed by atoms with Crippen molar-refractivity contribution in [2.45, 2.75) is 20.3 Å². The van der Waals surface area contributed by atoms with Crippen LogP contribution in [0.1, 0.15) is 20.3 Å². The summed E-state index contributed by atoms with van der Waals surface area (Å²) in [5.41, 5.74) is 0. The summed E-state index contributed by atoms with van der Waals surface area (Å²) in [6.45, 7) is 3.40. The Kier molecular flexibility index (Phi) is 8.32. The second kappa shape index (κ2) is 6.75. The molecule has 4 heteroatoms. The van der Waals surface area contributed by atoms with E-state index in [1.807, 2.05) is 0 Å². The van der Waals surface area contributed by atoms with Crippen molar-refractivity contribution in [3.05, 3.63) is 0 Å². The molecule has 0 aliphatic heterocycles. The number of carbonyl (C=O) groups is 2. The number of Topliss-reactive ketones (excluding diaryl/α,β-unsaturated/α-hetero) is 1. The van der Waals surface area contributed by atoms with Crippen LogP contribution in [0.5, 0.6) is 0 Å². The van der Waals surface area contributed by atoms with E-state index in [9.17, 15) is 9.59 Å². The van der Waals surface area contributed by atoms with Gasteiger partial charge in [-0.3, -0.25) is 9.59 Å². The zero-order valence-electron chi connectivity index (χ0n) is 5.96. The van der Waals surface area contributed by atoms with Crippen molar-refractivity contribution in [3.8, 4) is 0 Å². The third-order valence-corrected chi connectivity index (χ3v) is 0.699. The zero-order valence-corrected chi connectivity index (χ0v) is 6.94. The zero-order chi connectivity index (χ0) is 7.28. The maximum absolute atomic E-state index is 10.4. The average molecular weight is 189 g/mol. The maximum Gasteiger partial charge on any atom is 0.313 e. The Balaban J connectivity index is 0. The normalized spacial score (nSPS) is 7.80. The second-order valence-corrected chi connectivity index (χ2v) is 1.68. The van der Waals surface area contributed by atoms with Gasteiger partial charge in [-0.1, -0.05) is 0 Å². The van der Waals surface area contributed by atoms with Crippen LogP contribution < -0.4 is 0 Å². The van der Waals surface area contributed by atoms with Crippen molar-refractivity contribution < 1.29 is 30.8 Å². The van der Waals surface area contributed by atoms with E-state index >= 15 is 0 Å². The van der Waals surface area contributed by atoms with Crippen molar-refractivity contribution in [2.75, 3.05) is 6.61 Å². The molecule has 0 unspecified atom stereocenters. The van der Waals surface area contributed by atoms with Gasteiger partial charge in [0.05, 0.1) is 6.61 Å². The molecular formula is C6H10NiO3. The summed E-state index contributed by atoms with van der Waals surface area (Å²) in [7, 11) is 0. The first-order valence-electron chi connectivity index (χ1n) is 2.82. The quantitative estimate of drug-likeness (QED) is 0.369. The number of esters is 1. The predicted octanol–water partition coefficient (Wildman–Crippen LogP) is 0.526. The van der Waals surface area contributed by atoms with Gasteiger partial charge in [-0.25, -0.2) is 0 Å². The van der Waals surface area contributed by atoms with Crippen LogP contribution in [0.25, 0.3) is 0 Å². The van der Waals surface area contributed by atoms with Crippen LogP contribution in [0.4, 0.5) is 0 Å². The summed E-state index contributed by atoms with van der Waals surface area (Å²) in [6, 6.07) is 0. The number of ether oxygens (including phenoxy) is 1. The smallest absolute Gasteiger partial charge is 0.313 e. The molecule has 0 rings (SSSR count). The molecule has 0 spiro atoms. The molecule has 0 atom stereocenters. The van der Waals surface area contributed by atoms with Crippen LogP contribution in [-0.2, 0) is 30.8 Å². The minimum atomic E-state index is -0.440. The van der Waals surface area contributed by atoms with Crippen LogP contribution in [0, 0.1) is 0 Å². The van der Waals surface area contributed by atoms with Gasteiger partial charge in [0, 0.05) is 16.5 Å². The minimum Gasteiger partial charge on any atom is -0.466 e. The molecule has 62 valence electrons. The Labute approximate surface area is 70.0 Å². The molecule has 10 heavy (non-hydrogen) atoms. The van der Waals surface area contributed by atoms with E-state index in [0.717, 1.165) is 0 Å². The van der Waals surface area contributed by atoms with Crippen LogP contribution in [-0.4, -0.2) is 18.4 Å². The summed E-state index contributed by atoms with van der Waals surface area (Å²) < 4.78 is 4.49. The second-order valence-electron chi connectivity index (χ2n) is 1.68. The van der Waals surface area contributed by atoms with Gasteiger partial charge in [0.2, 0.25) is 0 Å². The largest absolute Gasteiger partial charge is 0.466 e. The summed E-state index contributed by atoms with van der Waals surface area (Å²) in [6.07, 6.45) is -0.103. The Hall–Kier alpha value is -0.366. The van der Waals surface area contributed by atoms with Gasteiger partial charge < -0.3 is 4.74 Å². The molecule has 0 radical (unpaired) electrons. The van der Waals surface area contributed by atoms with Crippen molar-refractivity contribution in [2.24, 2.45) is 0 Å². The van der Waals surface area contributed by atoms with Gasteiger partial charge in [-0.05, 0) is 13.8 Å². The monoisotopic (exact) mass is 188 g/mol. The van der Waals surface area contributed by atoms with Crippen LogP contribution in [0.3, 0.4) is 0 Å². The van der Waals surface area contributed by atoms with Crippen LogP contribution in [0.2, 0.25) is 0 Å². The van der Waals surface area contributed by atoms with Crippen molar-refractivity contribution >= 4 is 11.8 Å². The topological polar surface area (TPSA) is 43.4 Å². The van der Waals surface area contributed by atoms with Gasteiger partial charge >= 0.3 is 5.97 Å². The molecule has 0 aromatic rings. The Morgan fingerprint density at radius 2 is 1.90 bits per heavy atom. The summed E-state index contributed by atoms with van der Waals surface area (Å²) in [5.74, 6) is -0.599. The summed E-state index contributed by atoms with van der Waals surface area (Å²) >= 11 is 0. The number of hydrogen-bond donors (Lipinski definition) is 0. The molecule has 3 nitrogen and oxygen atoms in total. The number of hydrogen-bond acceptors (Lipinski definition) is 3. The van der Waals surface area contributed by atoms with Crippen molar-refractivity contribution in [3.63, 3.8) is 0 Å². The molecule has 0 amide bonds. The fraction of sp³-hybridized carbons (Fsp3) is 0.667. The van der Waals surface area contributed by atoms with E-state index in [1.54, 1.807) is 6.92 Å².